The molecule has 1 fully saturated rings. The van der Waals surface area contributed by atoms with Crippen molar-refractivity contribution in [2.45, 2.75) is 37.5 Å². The number of ether oxygens (including phenoxy) is 1. The molecule has 2 heterocycles. The molecule has 3 aromatic rings. The average molecular weight is 428 g/mol. The van der Waals surface area contributed by atoms with Crippen LogP contribution in [0.2, 0.25) is 0 Å². The van der Waals surface area contributed by atoms with Crippen LogP contribution < -0.4 is 4.74 Å². The van der Waals surface area contributed by atoms with Crippen molar-refractivity contribution in [1.29, 1.82) is 0 Å². The third-order valence-corrected chi connectivity index (χ3v) is 7.24. The number of nitrogens with zero attached hydrogens (tertiary/aromatic N) is 3. The Hall–Kier alpha value is -2.71. The van der Waals surface area contributed by atoms with Crippen LogP contribution in [0.5, 0.6) is 5.75 Å². The van der Waals surface area contributed by atoms with E-state index in [1.54, 1.807) is 24.3 Å². The van der Waals surface area contributed by atoms with Crippen molar-refractivity contribution in [2.75, 3.05) is 19.7 Å². The van der Waals surface area contributed by atoms with Crippen LogP contribution in [-0.4, -0.2) is 42.6 Å². The lowest BCUT2D eigenvalue weighted by Gasteiger charge is -2.29. The van der Waals surface area contributed by atoms with Crippen molar-refractivity contribution < 1.29 is 17.7 Å². The van der Waals surface area contributed by atoms with Crippen LogP contribution in [0.25, 0.3) is 11.5 Å². The first-order chi connectivity index (χ1) is 14.5. The van der Waals surface area contributed by atoms with Gasteiger partial charge < -0.3 is 9.26 Å². The molecule has 0 amide bonds. The number of piperidine rings is 1. The highest BCUT2D eigenvalue weighted by atomic mass is 32.2. The summed E-state index contributed by atoms with van der Waals surface area (Å²) in [6.45, 7) is 5.31. The van der Waals surface area contributed by atoms with E-state index < -0.39 is 10.0 Å². The van der Waals surface area contributed by atoms with E-state index in [9.17, 15) is 8.42 Å². The SMILES string of the molecule is CCOc1ccc(S(=O)(=O)N2CCC(c3noc(-c4ccc(C)cc4)n3)CC2)cc1. The number of aryl methyl sites for hydroxylation is 1. The van der Waals surface area contributed by atoms with Crippen LogP contribution in [0.1, 0.15) is 37.1 Å². The van der Waals surface area contributed by atoms with E-state index in [1.165, 1.54) is 9.87 Å². The van der Waals surface area contributed by atoms with Gasteiger partial charge in [0, 0.05) is 24.6 Å². The molecule has 8 heteroatoms. The Bertz CT molecular complexity index is 1080. The van der Waals surface area contributed by atoms with Crippen molar-refractivity contribution in [3.63, 3.8) is 0 Å². The zero-order valence-corrected chi connectivity index (χ0v) is 17.9. The molecule has 7 nitrogen and oxygen atoms in total. The Labute approximate surface area is 176 Å². The molecular weight excluding hydrogens is 402 g/mol. The van der Waals surface area contributed by atoms with Crippen molar-refractivity contribution in [3.05, 3.63) is 59.9 Å². The molecule has 0 atom stereocenters. The van der Waals surface area contributed by atoms with Crippen molar-refractivity contribution in [3.8, 4) is 17.2 Å². The van der Waals surface area contributed by atoms with E-state index in [4.69, 9.17) is 9.26 Å². The monoisotopic (exact) mass is 427 g/mol. The molecule has 0 saturated carbocycles. The Morgan fingerprint density at radius 3 is 2.37 bits per heavy atom. The van der Waals surface area contributed by atoms with Gasteiger partial charge in [0.15, 0.2) is 5.82 Å². The Morgan fingerprint density at radius 1 is 1.07 bits per heavy atom. The van der Waals surface area contributed by atoms with Crippen LogP contribution in [0.3, 0.4) is 0 Å². The number of hydrogen-bond acceptors (Lipinski definition) is 6. The molecule has 2 aromatic carbocycles. The standard InChI is InChI=1S/C22H25N3O4S/c1-3-28-19-8-10-20(11-9-19)30(26,27)25-14-12-17(13-15-25)21-23-22(29-24-21)18-6-4-16(2)5-7-18/h4-11,17H,3,12-15H2,1-2H3. The highest BCUT2D eigenvalue weighted by Gasteiger charge is 2.32. The van der Waals surface area contributed by atoms with E-state index >= 15 is 0 Å². The lowest BCUT2D eigenvalue weighted by molar-refractivity contribution is 0.307. The predicted molar refractivity (Wildman–Crippen MR) is 113 cm³/mol. The summed E-state index contributed by atoms with van der Waals surface area (Å²) in [5.74, 6) is 1.88. The molecule has 0 radical (unpaired) electrons. The van der Waals surface area contributed by atoms with Crippen LogP contribution in [0, 0.1) is 6.92 Å². The topological polar surface area (TPSA) is 85.5 Å². The average Bonchev–Trinajstić information content (AvgIpc) is 3.25. The number of benzene rings is 2. The fourth-order valence-corrected chi connectivity index (χ4v) is 5.06. The lowest BCUT2D eigenvalue weighted by Crippen LogP contribution is -2.38. The minimum Gasteiger partial charge on any atom is -0.494 e. The maximum absolute atomic E-state index is 13.0. The normalized spacial score (nSPS) is 15.9. The van der Waals surface area contributed by atoms with Crippen molar-refractivity contribution in [1.82, 2.24) is 14.4 Å². The minimum atomic E-state index is -3.53. The molecule has 1 saturated heterocycles. The highest BCUT2D eigenvalue weighted by Crippen LogP contribution is 2.31. The van der Waals surface area contributed by atoms with E-state index in [0.717, 1.165) is 5.56 Å². The molecule has 158 valence electrons. The van der Waals surface area contributed by atoms with Gasteiger partial charge >= 0.3 is 0 Å². The Kier molecular flexibility index (Phi) is 5.87. The molecule has 1 aliphatic rings. The predicted octanol–water partition coefficient (Wildman–Crippen LogP) is 4.01. The Balaban J connectivity index is 1.41. The second-order valence-corrected chi connectivity index (χ2v) is 9.34. The fourth-order valence-electron chi connectivity index (χ4n) is 3.59. The minimum absolute atomic E-state index is 0.0831. The largest absolute Gasteiger partial charge is 0.494 e. The summed E-state index contributed by atoms with van der Waals surface area (Å²) in [5, 5.41) is 4.14. The van der Waals surface area contributed by atoms with Crippen molar-refractivity contribution >= 4 is 10.0 Å². The molecule has 4 rings (SSSR count). The molecule has 0 bridgehead atoms. The van der Waals surface area contributed by atoms with Gasteiger partial charge in [0.2, 0.25) is 10.0 Å². The molecule has 0 aliphatic carbocycles. The quantitative estimate of drug-likeness (QED) is 0.591. The Morgan fingerprint density at radius 2 is 1.73 bits per heavy atom. The van der Waals surface area contributed by atoms with Crippen molar-refractivity contribution in [2.24, 2.45) is 0 Å². The summed E-state index contributed by atoms with van der Waals surface area (Å²) in [4.78, 5) is 4.83. The molecule has 0 unspecified atom stereocenters. The summed E-state index contributed by atoms with van der Waals surface area (Å²) >= 11 is 0. The maximum Gasteiger partial charge on any atom is 0.257 e. The summed E-state index contributed by atoms with van der Waals surface area (Å²) in [5.41, 5.74) is 2.05. The van der Waals surface area contributed by atoms with Crippen LogP contribution in [0.15, 0.2) is 57.9 Å². The van der Waals surface area contributed by atoms with Gasteiger partial charge in [-0.05, 0) is 63.1 Å². The van der Waals surface area contributed by atoms with Crippen LogP contribution in [-0.2, 0) is 10.0 Å². The first-order valence-electron chi connectivity index (χ1n) is 10.1. The summed E-state index contributed by atoms with van der Waals surface area (Å²) in [7, 11) is -3.53. The lowest BCUT2D eigenvalue weighted by atomic mass is 9.97. The van der Waals surface area contributed by atoms with Gasteiger partial charge in [-0.1, -0.05) is 22.9 Å². The van der Waals surface area contributed by atoms with Gasteiger partial charge in [-0.3, -0.25) is 0 Å². The molecule has 0 N–H and O–H groups in total. The van der Waals surface area contributed by atoms with Gasteiger partial charge in [0.25, 0.3) is 5.89 Å². The third-order valence-electron chi connectivity index (χ3n) is 5.33. The molecule has 1 aromatic heterocycles. The molecule has 30 heavy (non-hydrogen) atoms. The second kappa shape index (κ2) is 8.57. The van der Waals surface area contributed by atoms with Gasteiger partial charge in [0.05, 0.1) is 11.5 Å². The molecular formula is C22H25N3O4S. The molecule has 0 spiro atoms. The van der Waals surface area contributed by atoms with Gasteiger partial charge in [-0.15, -0.1) is 0 Å². The number of aromatic nitrogens is 2. The third kappa shape index (κ3) is 4.24. The van der Waals surface area contributed by atoms with E-state index in [2.05, 4.69) is 10.1 Å². The number of hydrogen-bond donors (Lipinski definition) is 0. The van der Waals surface area contributed by atoms with E-state index in [-0.39, 0.29) is 10.8 Å². The first-order valence-corrected chi connectivity index (χ1v) is 11.5. The zero-order valence-electron chi connectivity index (χ0n) is 17.1. The second-order valence-electron chi connectivity index (χ2n) is 7.41. The number of sulfonamides is 1. The summed E-state index contributed by atoms with van der Waals surface area (Å²) < 4.78 is 38.3. The van der Waals surface area contributed by atoms with Gasteiger partial charge in [-0.2, -0.15) is 9.29 Å². The van der Waals surface area contributed by atoms with Gasteiger partial charge in [-0.25, -0.2) is 8.42 Å². The summed E-state index contributed by atoms with van der Waals surface area (Å²) in [6.07, 6.45) is 1.31. The summed E-state index contributed by atoms with van der Waals surface area (Å²) in [6, 6.07) is 14.5. The highest BCUT2D eigenvalue weighted by molar-refractivity contribution is 7.89. The first kappa shape index (κ1) is 20.6. The van der Waals surface area contributed by atoms with E-state index in [1.807, 2.05) is 38.1 Å². The molecule has 1 aliphatic heterocycles. The fraction of sp³-hybridized carbons (Fsp3) is 0.364. The smallest absolute Gasteiger partial charge is 0.257 e. The van der Waals surface area contributed by atoms with E-state index in [0.29, 0.717) is 50.0 Å². The van der Waals surface area contributed by atoms with Crippen LogP contribution in [0.4, 0.5) is 0 Å². The maximum atomic E-state index is 13.0. The zero-order chi connectivity index (χ0) is 21.1. The van der Waals surface area contributed by atoms with Crippen LogP contribution >= 0.6 is 0 Å². The van der Waals surface area contributed by atoms with Gasteiger partial charge in [0.1, 0.15) is 5.75 Å². The number of rotatable bonds is 6.